The number of ketones is 1. The topological polar surface area (TPSA) is 37.3 Å². The summed E-state index contributed by atoms with van der Waals surface area (Å²) in [5, 5.41) is 10.8. The highest BCUT2D eigenvalue weighted by molar-refractivity contribution is 5.97. The first kappa shape index (κ1) is 12.4. The van der Waals surface area contributed by atoms with Gasteiger partial charge >= 0.3 is 0 Å². The Hall–Kier alpha value is -1.07. The van der Waals surface area contributed by atoms with Crippen LogP contribution in [0.3, 0.4) is 0 Å². The molecule has 1 saturated carbocycles. The molecule has 0 aromatic rings. The summed E-state index contributed by atoms with van der Waals surface area (Å²) in [7, 11) is 0. The quantitative estimate of drug-likeness (QED) is 0.706. The Morgan fingerprint density at radius 1 is 1.41 bits per heavy atom. The SMILES string of the molecule is C#CC[C@]1(O)CCCC[C@]12CCC(C)=CC2=O. The van der Waals surface area contributed by atoms with Gasteiger partial charge in [0.25, 0.3) is 0 Å². The van der Waals surface area contributed by atoms with Crippen LogP contribution in [0.1, 0.15) is 51.9 Å². The van der Waals surface area contributed by atoms with Crippen molar-refractivity contribution < 1.29 is 9.90 Å². The molecule has 17 heavy (non-hydrogen) atoms. The number of allylic oxidation sites excluding steroid dienone is 2. The highest BCUT2D eigenvalue weighted by atomic mass is 16.3. The molecule has 2 rings (SSSR count). The second-order valence-electron chi connectivity index (χ2n) is 5.56. The lowest BCUT2D eigenvalue weighted by molar-refractivity contribution is -0.154. The van der Waals surface area contributed by atoms with Crippen molar-refractivity contribution in [1.82, 2.24) is 0 Å². The van der Waals surface area contributed by atoms with Crippen molar-refractivity contribution in [2.24, 2.45) is 5.41 Å². The van der Waals surface area contributed by atoms with Crippen molar-refractivity contribution in [3.05, 3.63) is 11.6 Å². The molecule has 1 N–H and O–H groups in total. The summed E-state index contributed by atoms with van der Waals surface area (Å²) in [5.41, 5.74) is -0.458. The van der Waals surface area contributed by atoms with Crippen LogP contribution in [0.2, 0.25) is 0 Å². The summed E-state index contributed by atoms with van der Waals surface area (Å²) in [6.07, 6.45) is 12.5. The molecule has 1 fully saturated rings. The van der Waals surface area contributed by atoms with Crippen molar-refractivity contribution >= 4 is 5.78 Å². The summed E-state index contributed by atoms with van der Waals surface area (Å²) in [4.78, 5) is 12.4. The number of carbonyl (C=O) groups is 1. The minimum absolute atomic E-state index is 0.0960. The summed E-state index contributed by atoms with van der Waals surface area (Å²) in [6, 6.07) is 0. The number of aliphatic hydroxyl groups is 1. The monoisotopic (exact) mass is 232 g/mol. The van der Waals surface area contributed by atoms with Crippen LogP contribution >= 0.6 is 0 Å². The van der Waals surface area contributed by atoms with E-state index in [9.17, 15) is 9.90 Å². The van der Waals surface area contributed by atoms with Gasteiger partial charge in [0.1, 0.15) is 0 Å². The lowest BCUT2D eigenvalue weighted by atomic mass is 9.56. The summed E-state index contributed by atoms with van der Waals surface area (Å²) >= 11 is 0. The fraction of sp³-hybridized carbons (Fsp3) is 0.667. The predicted octanol–water partition coefficient (Wildman–Crippen LogP) is 2.61. The van der Waals surface area contributed by atoms with Crippen LogP contribution in [-0.2, 0) is 4.79 Å². The van der Waals surface area contributed by atoms with E-state index in [0.29, 0.717) is 12.8 Å². The van der Waals surface area contributed by atoms with E-state index in [0.717, 1.165) is 37.7 Å². The van der Waals surface area contributed by atoms with Crippen molar-refractivity contribution in [2.45, 2.75) is 57.5 Å². The third kappa shape index (κ3) is 1.83. The van der Waals surface area contributed by atoms with Crippen molar-refractivity contribution in [1.29, 1.82) is 0 Å². The standard InChI is InChI=1S/C15H20O2/c1-3-7-15(17)9-5-4-8-14(15)10-6-12(2)11-13(14)16/h1,11,17H,4-10H2,2H3/t14-,15+/m1/s1. The normalized spacial score (nSPS) is 37.7. The van der Waals surface area contributed by atoms with Gasteiger partial charge < -0.3 is 5.11 Å². The molecule has 2 nitrogen and oxygen atoms in total. The Kier molecular flexibility index (Phi) is 3.14. The second-order valence-corrected chi connectivity index (χ2v) is 5.56. The predicted molar refractivity (Wildman–Crippen MR) is 67.3 cm³/mol. The number of hydrogen-bond acceptors (Lipinski definition) is 2. The number of terminal acetylenes is 1. The Labute approximate surface area is 103 Å². The first-order valence-electron chi connectivity index (χ1n) is 6.42. The maximum absolute atomic E-state index is 12.4. The Morgan fingerprint density at radius 2 is 2.12 bits per heavy atom. The zero-order valence-corrected chi connectivity index (χ0v) is 10.5. The summed E-state index contributed by atoms with van der Waals surface area (Å²) < 4.78 is 0. The van der Waals surface area contributed by atoms with E-state index in [1.807, 2.05) is 6.92 Å². The number of hydrogen-bond donors (Lipinski definition) is 1. The van der Waals surface area contributed by atoms with Crippen LogP contribution in [0.4, 0.5) is 0 Å². The Morgan fingerprint density at radius 3 is 2.76 bits per heavy atom. The van der Waals surface area contributed by atoms with Crippen LogP contribution in [0.15, 0.2) is 11.6 Å². The minimum Gasteiger partial charge on any atom is -0.388 e. The third-order valence-corrected chi connectivity index (χ3v) is 4.52. The van der Waals surface area contributed by atoms with Crippen LogP contribution in [0.25, 0.3) is 0 Å². The molecule has 2 aliphatic carbocycles. The van der Waals surface area contributed by atoms with Gasteiger partial charge in [0.2, 0.25) is 0 Å². The van der Waals surface area contributed by atoms with E-state index < -0.39 is 11.0 Å². The number of carbonyl (C=O) groups excluding carboxylic acids is 1. The van der Waals surface area contributed by atoms with Gasteiger partial charge in [0.15, 0.2) is 5.78 Å². The lowest BCUT2D eigenvalue weighted by Gasteiger charge is -2.50. The second kappa shape index (κ2) is 4.31. The molecule has 0 bridgehead atoms. The van der Waals surface area contributed by atoms with Gasteiger partial charge in [-0.2, -0.15) is 0 Å². The van der Waals surface area contributed by atoms with E-state index in [2.05, 4.69) is 5.92 Å². The van der Waals surface area contributed by atoms with E-state index in [4.69, 9.17) is 6.42 Å². The molecule has 0 radical (unpaired) electrons. The van der Waals surface area contributed by atoms with Crippen LogP contribution in [0, 0.1) is 17.8 Å². The first-order chi connectivity index (χ1) is 8.04. The van der Waals surface area contributed by atoms with Crippen molar-refractivity contribution in [3.8, 4) is 12.3 Å². The zero-order valence-electron chi connectivity index (χ0n) is 10.5. The largest absolute Gasteiger partial charge is 0.388 e. The van der Waals surface area contributed by atoms with Crippen LogP contribution in [0.5, 0.6) is 0 Å². The van der Waals surface area contributed by atoms with E-state index in [-0.39, 0.29) is 5.78 Å². The lowest BCUT2D eigenvalue weighted by Crippen LogP contribution is -2.55. The summed E-state index contributed by atoms with van der Waals surface area (Å²) in [6.45, 7) is 1.98. The minimum atomic E-state index is -0.978. The Bertz CT molecular complexity index is 402. The van der Waals surface area contributed by atoms with Gasteiger partial charge in [0.05, 0.1) is 11.0 Å². The molecule has 2 heteroatoms. The molecule has 0 aromatic heterocycles. The molecule has 0 aromatic carbocycles. The smallest absolute Gasteiger partial charge is 0.164 e. The molecular weight excluding hydrogens is 212 g/mol. The molecule has 0 unspecified atom stereocenters. The zero-order chi connectivity index (χ0) is 12.5. The maximum atomic E-state index is 12.4. The fourth-order valence-corrected chi connectivity index (χ4v) is 3.42. The molecule has 0 aliphatic heterocycles. The highest BCUT2D eigenvalue weighted by Crippen LogP contribution is 2.52. The van der Waals surface area contributed by atoms with Gasteiger partial charge in [-0.3, -0.25) is 4.79 Å². The fourth-order valence-electron chi connectivity index (χ4n) is 3.42. The van der Waals surface area contributed by atoms with Crippen LogP contribution in [-0.4, -0.2) is 16.5 Å². The van der Waals surface area contributed by atoms with Gasteiger partial charge in [-0.1, -0.05) is 18.4 Å². The average Bonchev–Trinajstić information content (AvgIpc) is 2.27. The summed E-state index contributed by atoms with van der Waals surface area (Å²) in [5.74, 6) is 2.65. The molecule has 92 valence electrons. The molecular formula is C15H20O2. The molecule has 0 saturated heterocycles. The van der Waals surface area contributed by atoms with Crippen molar-refractivity contribution in [2.75, 3.05) is 0 Å². The van der Waals surface area contributed by atoms with Gasteiger partial charge in [0, 0.05) is 6.42 Å². The molecule has 0 amide bonds. The van der Waals surface area contributed by atoms with Crippen molar-refractivity contribution in [3.63, 3.8) is 0 Å². The molecule has 2 aliphatic rings. The van der Waals surface area contributed by atoms with E-state index in [1.54, 1.807) is 6.08 Å². The molecule has 0 heterocycles. The van der Waals surface area contributed by atoms with E-state index in [1.165, 1.54) is 0 Å². The van der Waals surface area contributed by atoms with Crippen LogP contribution < -0.4 is 0 Å². The third-order valence-electron chi connectivity index (χ3n) is 4.52. The maximum Gasteiger partial charge on any atom is 0.164 e. The Balaban J connectivity index is 2.39. The average molecular weight is 232 g/mol. The highest BCUT2D eigenvalue weighted by Gasteiger charge is 2.55. The van der Waals surface area contributed by atoms with Gasteiger partial charge in [-0.05, 0) is 38.7 Å². The van der Waals surface area contributed by atoms with Gasteiger partial charge in [-0.15, -0.1) is 12.3 Å². The first-order valence-corrected chi connectivity index (χ1v) is 6.42. The molecule has 1 spiro atoms. The number of rotatable bonds is 1. The molecule has 2 atom stereocenters. The van der Waals surface area contributed by atoms with E-state index >= 15 is 0 Å². The van der Waals surface area contributed by atoms with Gasteiger partial charge in [-0.25, -0.2) is 0 Å².